The van der Waals surface area contributed by atoms with Crippen LogP contribution in [0.25, 0.3) is 11.4 Å². The van der Waals surface area contributed by atoms with Crippen molar-refractivity contribution >= 4 is 9.84 Å². The van der Waals surface area contributed by atoms with Gasteiger partial charge in [-0.05, 0) is 33.7 Å². The van der Waals surface area contributed by atoms with Gasteiger partial charge >= 0.3 is 0 Å². The smallest absolute Gasteiger partial charge is 0.207 e. The highest BCUT2D eigenvalue weighted by Gasteiger charge is 2.29. The summed E-state index contributed by atoms with van der Waals surface area (Å²) in [6.45, 7) is 0. The number of aromatic nitrogens is 4. The van der Waals surface area contributed by atoms with Crippen molar-refractivity contribution < 1.29 is 8.42 Å². The van der Waals surface area contributed by atoms with Gasteiger partial charge in [-0.2, -0.15) is 0 Å². The number of hydrogen-bond acceptors (Lipinski definition) is 5. The normalized spacial score (nSPS) is 15.2. The predicted molar refractivity (Wildman–Crippen MR) is 74.3 cm³/mol. The highest BCUT2D eigenvalue weighted by atomic mass is 32.2. The van der Waals surface area contributed by atoms with Crippen LogP contribution < -0.4 is 0 Å². The first-order valence-electron chi connectivity index (χ1n) is 6.36. The van der Waals surface area contributed by atoms with E-state index in [4.69, 9.17) is 0 Å². The van der Waals surface area contributed by atoms with Crippen molar-refractivity contribution in [1.29, 1.82) is 0 Å². The van der Waals surface area contributed by atoms with Crippen molar-refractivity contribution in [2.45, 2.75) is 16.2 Å². The Morgan fingerprint density at radius 1 is 1.00 bits per heavy atom. The number of hydrogen-bond donors (Lipinski definition) is 1. The maximum absolute atomic E-state index is 12.8. The van der Waals surface area contributed by atoms with Gasteiger partial charge in [-0.1, -0.05) is 30.3 Å². The Morgan fingerprint density at radius 3 is 2.62 bits per heavy atom. The van der Waals surface area contributed by atoms with Gasteiger partial charge in [-0.3, -0.25) is 0 Å². The third kappa shape index (κ3) is 1.78. The lowest BCUT2D eigenvalue weighted by Crippen LogP contribution is -2.14. The summed E-state index contributed by atoms with van der Waals surface area (Å²) in [5.41, 5.74) is 2.28. The fourth-order valence-corrected chi connectivity index (χ4v) is 4.36. The van der Waals surface area contributed by atoms with Crippen molar-refractivity contribution in [1.82, 2.24) is 20.6 Å². The summed E-state index contributed by atoms with van der Waals surface area (Å²) < 4.78 is 25.5. The van der Waals surface area contributed by atoms with E-state index in [0.717, 1.165) is 11.1 Å². The molecular weight excluding hydrogens is 288 g/mol. The van der Waals surface area contributed by atoms with Crippen molar-refractivity contribution in [3.63, 3.8) is 0 Å². The molecule has 3 aromatic rings. The summed E-state index contributed by atoms with van der Waals surface area (Å²) in [4.78, 5) is 0.709. The second-order valence-electron chi connectivity index (χ2n) is 4.86. The average Bonchev–Trinajstić information content (AvgIpc) is 3.01. The number of benzene rings is 2. The Hall–Kier alpha value is -2.54. The number of rotatable bonds is 1. The van der Waals surface area contributed by atoms with Crippen molar-refractivity contribution in [3.05, 3.63) is 53.6 Å². The molecule has 0 spiro atoms. The van der Waals surface area contributed by atoms with Crippen LogP contribution in [0.3, 0.4) is 0 Å². The standard InChI is InChI=1S/C14H10N4O2S/c19-21(20)12-4-2-1-3-9(12)7-10-5-6-11(8-13(10)21)14-15-17-18-16-14/h1-6,8H,7H2,(H,15,16,17,18). The zero-order valence-corrected chi connectivity index (χ0v) is 11.6. The SMILES string of the molecule is O=S1(=O)c2ccccc2Cc2ccc(-c3nnn[nH]3)cc21. The molecule has 0 radical (unpaired) electrons. The third-order valence-corrected chi connectivity index (χ3v) is 5.55. The van der Waals surface area contributed by atoms with Gasteiger partial charge in [0.15, 0.2) is 5.82 Å². The quantitative estimate of drug-likeness (QED) is 0.576. The van der Waals surface area contributed by atoms with Crippen LogP contribution in [-0.4, -0.2) is 29.0 Å². The molecule has 0 atom stereocenters. The topological polar surface area (TPSA) is 88.6 Å². The van der Waals surface area contributed by atoms with Crippen molar-refractivity contribution in [2.75, 3.05) is 0 Å². The number of nitrogens with zero attached hydrogens (tertiary/aromatic N) is 3. The van der Waals surface area contributed by atoms with Crippen molar-refractivity contribution in [2.24, 2.45) is 0 Å². The second-order valence-corrected chi connectivity index (χ2v) is 6.75. The van der Waals surface area contributed by atoms with E-state index in [0.29, 0.717) is 27.6 Å². The molecule has 0 unspecified atom stereocenters. The number of sulfone groups is 1. The lowest BCUT2D eigenvalue weighted by molar-refractivity contribution is 0.591. The number of aromatic amines is 1. The molecule has 2 aromatic carbocycles. The monoisotopic (exact) mass is 298 g/mol. The van der Waals surface area contributed by atoms with Gasteiger partial charge in [0, 0.05) is 12.0 Å². The first kappa shape index (κ1) is 12.2. The predicted octanol–water partition coefficient (Wildman–Crippen LogP) is 1.60. The van der Waals surface area contributed by atoms with E-state index in [1.54, 1.807) is 18.2 Å². The van der Waals surface area contributed by atoms with E-state index in [2.05, 4.69) is 20.6 Å². The first-order chi connectivity index (χ1) is 10.2. The Morgan fingerprint density at radius 2 is 1.81 bits per heavy atom. The van der Waals surface area contributed by atoms with Crippen LogP contribution in [0.4, 0.5) is 0 Å². The maximum atomic E-state index is 12.8. The minimum Gasteiger partial charge on any atom is -0.239 e. The molecule has 0 saturated carbocycles. The van der Waals surface area contributed by atoms with Crippen LogP contribution in [0.2, 0.25) is 0 Å². The molecule has 4 rings (SSSR count). The summed E-state index contributed by atoms with van der Waals surface area (Å²) in [6, 6.07) is 12.4. The van der Waals surface area contributed by atoms with Crippen molar-refractivity contribution in [3.8, 4) is 11.4 Å². The summed E-state index contributed by atoms with van der Waals surface area (Å²) in [6.07, 6.45) is 0.611. The van der Waals surface area contributed by atoms with Crippen LogP contribution in [0.5, 0.6) is 0 Å². The third-order valence-electron chi connectivity index (χ3n) is 3.62. The van der Waals surface area contributed by atoms with E-state index >= 15 is 0 Å². The van der Waals surface area contributed by atoms with Crippen LogP contribution in [0.15, 0.2) is 52.3 Å². The molecule has 2 heterocycles. The van der Waals surface area contributed by atoms with E-state index in [9.17, 15) is 8.42 Å². The van der Waals surface area contributed by atoms with E-state index < -0.39 is 9.84 Å². The molecule has 0 saturated heterocycles. The molecule has 0 bridgehead atoms. The molecule has 104 valence electrons. The molecule has 21 heavy (non-hydrogen) atoms. The summed E-state index contributed by atoms with van der Waals surface area (Å²) in [5.74, 6) is 0.451. The zero-order chi connectivity index (χ0) is 14.4. The highest BCUT2D eigenvalue weighted by molar-refractivity contribution is 7.91. The Balaban J connectivity index is 1.95. The maximum Gasteiger partial charge on any atom is 0.207 e. The fraction of sp³-hybridized carbons (Fsp3) is 0.0714. The van der Waals surface area contributed by atoms with E-state index in [-0.39, 0.29) is 0 Å². The van der Waals surface area contributed by atoms with Gasteiger partial charge in [-0.25, -0.2) is 13.5 Å². The van der Waals surface area contributed by atoms with Gasteiger partial charge in [0.2, 0.25) is 9.84 Å². The molecule has 1 aliphatic rings. The Bertz CT molecular complexity index is 933. The highest BCUT2D eigenvalue weighted by Crippen LogP contribution is 2.35. The molecular formula is C14H10N4O2S. The Kier molecular flexibility index (Phi) is 2.46. The Labute approximate surface area is 120 Å². The molecule has 0 amide bonds. The summed E-state index contributed by atoms with van der Waals surface area (Å²) >= 11 is 0. The zero-order valence-electron chi connectivity index (χ0n) is 10.8. The van der Waals surface area contributed by atoms with Gasteiger partial charge in [0.25, 0.3) is 0 Å². The molecule has 1 N–H and O–H groups in total. The molecule has 1 aliphatic heterocycles. The minimum absolute atomic E-state index is 0.329. The fourth-order valence-electron chi connectivity index (χ4n) is 2.62. The summed E-state index contributed by atoms with van der Waals surface area (Å²) in [7, 11) is -3.50. The number of fused-ring (bicyclic) bond motifs is 2. The number of nitrogens with one attached hydrogen (secondary N) is 1. The van der Waals surface area contributed by atoms with Crippen LogP contribution in [-0.2, 0) is 16.3 Å². The van der Waals surface area contributed by atoms with Crippen LogP contribution >= 0.6 is 0 Å². The molecule has 1 aromatic heterocycles. The number of tetrazole rings is 1. The van der Waals surface area contributed by atoms with E-state index in [1.165, 1.54) is 0 Å². The largest absolute Gasteiger partial charge is 0.239 e. The minimum atomic E-state index is -3.50. The molecule has 0 aliphatic carbocycles. The van der Waals surface area contributed by atoms with Gasteiger partial charge in [-0.15, -0.1) is 5.10 Å². The number of H-pyrrole nitrogens is 1. The second kappa shape index (κ2) is 4.23. The lowest BCUT2D eigenvalue weighted by Gasteiger charge is -2.20. The molecule has 7 heteroatoms. The molecule has 0 fully saturated rings. The van der Waals surface area contributed by atoms with Crippen LogP contribution in [0, 0.1) is 0 Å². The van der Waals surface area contributed by atoms with E-state index in [1.807, 2.05) is 24.3 Å². The van der Waals surface area contributed by atoms with Gasteiger partial charge < -0.3 is 0 Å². The van der Waals surface area contributed by atoms with Crippen LogP contribution in [0.1, 0.15) is 11.1 Å². The van der Waals surface area contributed by atoms with Gasteiger partial charge in [0.05, 0.1) is 9.79 Å². The molecule has 6 nitrogen and oxygen atoms in total. The lowest BCUT2D eigenvalue weighted by atomic mass is 10.0. The summed E-state index contributed by atoms with van der Waals surface area (Å²) in [5, 5.41) is 13.5. The van der Waals surface area contributed by atoms with Gasteiger partial charge in [0.1, 0.15) is 0 Å². The average molecular weight is 298 g/mol. The first-order valence-corrected chi connectivity index (χ1v) is 7.84.